The molecule has 1 N–H and O–H groups in total. The molecule has 0 amide bonds. The molecule has 0 bridgehead atoms. The molecule has 8 nitrogen and oxygen atoms in total. The fraction of sp³-hybridized carbons (Fsp3) is 0.316. The molecule has 28 heavy (non-hydrogen) atoms. The van der Waals surface area contributed by atoms with Gasteiger partial charge in [-0.25, -0.2) is 13.1 Å². The van der Waals surface area contributed by atoms with Gasteiger partial charge in [-0.05, 0) is 73.5 Å². The predicted octanol–water partition coefficient (Wildman–Crippen LogP) is 2.46. The van der Waals surface area contributed by atoms with E-state index in [4.69, 9.17) is 4.74 Å². The summed E-state index contributed by atoms with van der Waals surface area (Å²) in [5.74, 6) is 1.13. The molecule has 0 aliphatic heterocycles. The number of nitrogens with zero attached hydrogens (tertiary/aromatic N) is 4. The average molecular weight is 401 g/mol. The quantitative estimate of drug-likeness (QED) is 0.653. The van der Waals surface area contributed by atoms with E-state index in [-0.39, 0.29) is 11.4 Å². The van der Waals surface area contributed by atoms with E-state index in [9.17, 15) is 8.42 Å². The number of sulfonamides is 1. The molecule has 0 aliphatic carbocycles. The second-order valence-corrected chi connectivity index (χ2v) is 8.19. The molecule has 0 unspecified atom stereocenters. The van der Waals surface area contributed by atoms with E-state index in [1.165, 1.54) is 4.68 Å². The monoisotopic (exact) mass is 401 g/mol. The van der Waals surface area contributed by atoms with Crippen LogP contribution in [0.5, 0.6) is 5.75 Å². The summed E-state index contributed by atoms with van der Waals surface area (Å²) in [7, 11) is -3.71. The highest BCUT2D eigenvalue weighted by Crippen LogP contribution is 2.22. The molecule has 9 heteroatoms. The second kappa shape index (κ2) is 8.07. The number of aryl methyl sites for hydroxylation is 3. The molecule has 0 radical (unpaired) electrons. The first-order valence-corrected chi connectivity index (χ1v) is 10.4. The van der Waals surface area contributed by atoms with Crippen molar-refractivity contribution in [1.29, 1.82) is 0 Å². The number of rotatable bonds is 7. The van der Waals surface area contributed by atoms with Gasteiger partial charge in [0.15, 0.2) is 5.82 Å². The van der Waals surface area contributed by atoms with Crippen molar-refractivity contribution in [3.8, 4) is 11.4 Å². The van der Waals surface area contributed by atoms with Crippen LogP contribution in [0, 0.1) is 20.8 Å². The van der Waals surface area contributed by atoms with E-state index in [0.717, 1.165) is 11.3 Å². The Hall–Kier alpha value is -2.78. The molecule has 1 aromatic heterocycles. The van der Waals surface area contributed by atoms with Gasteiger partial charge in [-0.3, -0.25) is 0 Å². The maximum Gasteiger partial charge on any atom is 0.241 e. The summed E-state index contributed by atoms with van der Waals surface area (Å²) in [6.07, 6.45) is 0. The van der Waals surface area contributed by atoms with E-state index in [1.54, 1.807) is 13.8 Å². The lowest BCUT2D eigenvalue weighted by Gasteiger charge is -2.13. The van der Waals surface area contributed by atoms with Crippen molar-refractivity contribution in [1.82, 2.24) is 24.9 Å². The number of hydrogen-bond acceptors (Lipinski definition) is 6. The third kappa shape index (κ3) is 4.20. The molecule has 0 spiro atoms. The second-order valence-electron chi connectivity index (χ2n) is 6.49. The van der Waals surface area contributed by atoms with Crippen molar-refractivity contribution in [2.24, 2.45) is 0 Å². The normalized spacial score (nSPS) is 11.6. The van der Waals surface area contributed by atoms with E-state index >= 15 is 0 Å². The number of nitrogens with one attached hydrogen (secondary N) is 1. The summed E-state index contributed by atoms with van der Waals surface area (Å²) in [4.78, 5) is 0.290. The predicted molar refractivity (Wildman–Crippen MR) is 105 cm³/mol. The van der Waals surface area contributed by atoms with Crippen molar-refractivity contribution in [2.75, 3.05) is 6.61 Å². The molecule has 0 saturated carbocycles. The molecule has 0 atom stereocenters. The molecule has 3 rings (SSSR count). The number of tetrazole rings is 1. The van der Waals surface area contributed by atoms with Crippen LogP contribution in [0.4, 0.5) is 0 Å². The third-order valence-electron chi connectivity index (χ3n) is 4.22. The zero-order valence-corrected chi connectivity index (χ0v) is 17.1. The SMILES string of the molecule is CCOc1ccc(-n2nnnc2CNS(=O)(=O)c2c(C)cc(C)cc2C)cc1. The minimum absolute atomic E-state index is 0.0324. The zero-order chi connectivity index (χ0) is 20.3. The van der Waals surface area contributed by atoms with E-state index in [1.807, 2.05) is 50.2 Å². The molecule has 0 fully saturated rings. The van der Waals surface area contributed by atoms with Crippen LogP contribution in [0.3, 0.4) is 0 Å². The van der Waals surface area contributed by atoms with Gasteiger partial charge in [0.05, 0.1) is 23.7 Å². The lowest BCUT2D eigenvalue weighted by Crippen LogP contribution is -2.26. The largest absolute Gasteiger partial charge is 0.494 e. The van der Waals surface area contributed by atoms with Crippen LogP contribution in [0.15, 0.2) is 41.3 Å². The van der Waals surface area contributed by atoms with Crippen molar-refractivity contribution >= 4 is 10.0 Å². The van der Waals surface area contributed by atoms with Gasteiger partial charge in [0.1, 0.15) is 5.75 Å². The van der Waals surface area contributed by atoms with Gasteiger partial charge < -0.3 is 4.74 Å². The highest BCUT2D eigenvalue weighted by Gasteiger charge is 2.21. The van der Waals surface area contributed by atoms with Gasteiger partial charge in [-0.15, -0.1) is 5.10 Å². The third-order valence-corrected chi connectivity index (χ3v) is 5.93. The van der Waals surface area contributed by atoms with E-state index in [0.29, 0.717) is 29.2 Å². The molecule has 2 aromatic carbocycles. The van der Waals surface area contributed by atoms with Crippen LogP contribution in [0.25, 0.3) is 5.69 Å². The number of hydrogen-bond donors (Lipinski definition) is 1. The zero-order valence-electron chi connectivity index (χ0n) is 16.3. The van der Waals surface area contributed by atoms with Crippen molar-refractivity contribution in [3.63, 3.8) is 0 Å². The Morgan fingerprint density at radius 2 is 1.71 bits per heavy atom. The van der Waals surface area contributed by atoms with Crippen LogP contribution < -0.4 is 9.46 Å². The molecule has 148 valence electrons. The van der Waals surface area contributed by atoms with Gasteiger partial charge in [0.25, 0.3) is 0 Å². The summed E-state index contributed by atoms with van der Waals surface area (Å²) in [6.45, 7) is 7.98. The summed E-state index contributed by atoms with van der Waals surface area (Å²) in [5, 5.41) is 11.6. The lowest BCUT2D eigenvalue weighted by atomic mass is 10.1. The van der Waals surface area contributed by atoms with Crippen LogP contribution in [0.1, 0.15) is 29.4 Å². The number of ether oxygens (including phenoxy) is 1. The Kier molecular flexibility index (Phi) is 5.76. The Morgan fingerprint density at radius 3 is 2.32 bits per heavy atom. The number of aromatic nitrogens is 4. The fourth-order valence-electron chi connectivity index (χ4n) is 3.19. The first kappa shape index (κ1) is 20.0. The van der Waals surface area contributed by atoms with Crippen molar-refractivity contribution < 1.29 is 13.2 Å². The van der Waals surface area contributed by atoms with Crippen LogP contribution in [-0.4, -0.2) is 35.2 Å². The van der Waals surface area contributed by atoms with Crippen LogP contribution in [0.2, 0.25) is 0 Å². The minimum atomic E-state index is -3.71. The van der Waals surface area contributed by atoms with Crippen molar-refractivity contribution in [3.05, 3.63) is 58.9 Å². The maximum absolute atomic E-state index is 12.8. The molecular formula is C19H23N5O3S. The first-order valence-electron chi connectivity index (χ1n) is 8.90. The Bertz CT molecular complexity index is 1050. The molecule has 0 aliphatic rings. The van der Waals surface area contributed by atoms with Gasteiger partial charge in [-0.2, -0.15) is 4.68 Å². The standard InChI is InChI=1S/C19H23N5O3S/c1-5-27-17-8-6-16(7-9-17)24-18(21-22-23-24)12-20-28(25,26)19-14(3)10-13(2)11-15(19)4/h6-11,20H,5,12H2,1-4H3. The summed E-state index contributed by atoms with van der Waals surface area (Å²) < 4.78 is 35.2. The molecule has 1 heterocycles. The van der Waals surface area contributed by atoms with Gasteiger partial charge in [0.2, 0.25) is 10.0 Å². The Labute approximate surface area is 164 Å². The fourth-order valence-corrected chi connectivity index (χ4v) is 4.62. The Balaban J connectivity index is 1.82. The highest BCUT2D eigenvalue weighted by atomic mass is 32.2. The van der Waals surface area contributed by atoms with E-state index in [2.05, 4.69) is 20.2 Å². The molecule has 0 saturated heterocycles. The average Bonchev–Trinajstić information content (AvgIpc) is 3.08. The van der Waals surface area contributed by atoms with Gasteiger partial charge in [0, 0.05) is 0 Å². The lowest BCUT2D eigenvalue weighted by molar-refractivity contribution is 0.340. The molecule has 3 aromatic rings. The van der Waals surface area contributed by atoms with Crippen molar-refractivity contribution in [2.45, 2.75) is 39.1 Å². The molecular weight excluding hydrogens is 378 g/mol. The van der Waals surface area contributed by atoms with E-state index < -0.39 is 10.0 Å². The maximum atomic E-state index is 12.8. The Morgan fingerprint density at radius 1 is 1.07 bits per heavy atom. The summed E-state index contributed by atoms with van der Waals surface area (Å²) >= 11 is 0. The minimum Gasteiger partial charge on any atom is -0.494 e. The van der Waals surface area contributed by atoms with Gasteiger partial charge in [-0.1, -0.05) is 17.7 Å². The van der Waals surface area contributed by atoms with Crippen LogP contribution >= 0.6 is 0 Å². The number of benzene rings is 2. The highest BCUT2D eigenvalue weighted by molar-refractivity contribution is 7.89. The van der Waals surface area contributed by atoms with Crippen LogP contribution in [-0.2, 0) is 16.6 Å². The topological polar surface area (TPSA) is 99.0 Å². The summed E-state index contributed by atoms with van der Waals surface area (Å²) in [5.41, 5.74) is 3.14. The summed E-state index contributed by atoms with van der Waals surface area (Å²) in [6, 6.07) is 11.0. The smallest absolute Gasteiger partial charge is 0.241 e. The first-order chi connectivity index (χ1) is 13.3. The van der Waals surface area contributed by atoms with Gasteiger partial charge >= 0.3 is 0 Å².